The lowest BCUT2D eigenvalue weighted by Gasteiger charge is -2.43. The molecule has 1 saturated carbocycles. The number of benzene rings is 1. The second kappa shape index (κ2) is 9.08. The molecule has 2 N–H and O–H groups in total. The van der Waals surface area contributed by atoms with Crippen molar-refractivity contribution < 1.29 is 18.3 Å². The van der Waals surface area contributed by atoms with Crippen LogP contribution in [0.4, 0.5) is 5.69 Å². The summed E-state index contributed by atoms with van der Waals surface area (Å²) in [6.45, 7) is 0.548. The van der Waals surface area contributed by atoms with Gasteiger partial charge in [0.25, 0.3) is 0 Å². The molecule has 2 atom stereocenters. The molecule has 1 aliphatic carbocycles. The van der Waals surface area contributed by atoms with Crippen molar-refractivity contribution in [3.8, 4) is 11.8 Å². The summed E-state index contributed by atoms with van der Waals surface area (Å²) in [5.74, 6) is 5.26. The number of aromatic carboxylic acids is 1. The van der Waals surface area contributed by atoms with Gasteiger partial charge in [0, 0.05) is 29.9 Å². The number of nitrogens with zero attached hydrogens (tertiary/aromatic N) is 2. The molecule has 1 aromatic carbocycles. The molecule has 7 nitrogen and oxygen atoms in total. The maximum Gasteiger partial charge on any atom is 0.354 e. The lowest BCUT2D eigenvalue weighted by molar-refractivity contribution is 0.0690. The molecule has 4 rings (SSSR count). The number of carboxylic acid groups (broad SMARTS) is 1. The van der Waals surface area contributed by atoms with Gasteiger partial charge < -0.3 is 5.11 Å². The highest BCUT2D eigenvalue weighted by Gasteiger charge is 2.39. The average Bonchev–Trinajstić information content (AvgIpc) is 2.78. The molecule has 2 unspecified atom stereocenters. The highest BCUT2D eigenvalue weighted by Crippen LogP contribution is 2.37. The van der Waals surface area contributed by atoms with Gasteiger partial charge in [-0.25, -0.2) is 9.78 Å². The maximum atomic E-state index is 13.2. The van der Waals surface area contributed by atoms with Crippen LogP contribution in [0.15, 0.2) is 42.6 Å². The molecule has 0 radical (unpaired) electrons. The number of anilines is 1. The number of piperidine rings is 1. The van der Waals surface area contributed by atoms with Gasteiger partial charge in [0.1, 0.15) is 5.69 Å². The molecule has 0 spiro atoms. The Hall–Kier alpha value is -2.89. The normalized spacial score (nSPS) is 21.4. The summed E-state index contributed by atoms with van der Waals surface area (Å²) in [6.07, 6.45) is 7.67. The summed E-state index contributed by atoms with van der Waals surface area (Å²) < 4.78 is 30.9. The molecular formula is C23H25N3O4S. The number of pyridine rings is 1. The fraction of sp³-hybridized carbons (Fsp3) is 0.391. The van der Waals surface area contributed by atoms with Gasteiger partial charge in [-0.05, 0) is 55.9 Å². The number of carbonyl (C=O) groups is 1. The third-order valence-electron chi connectivity index (χ3n) is 5.99. The van der Waals surface area contributed by atoms with E-state index >= 15 is 0 Å². The van der Waals surface area contributed by atoms with Crippen molar-refractivity contribution in [2.24, 2.45) is 5.92 Å². The number of aromatic nitrogens is 1. The maximum absolute atomic E-state index is 13.2. The second-order valence-corrected chi connectivity index (χ2v) is 9.63. The summed E-state index contributed by atoms with van der Waals surface area (Å²) in [5.41, 5.74) is 1.47. The molecule has 1 aromatic heterocycles. The molecule has 0 amide bonds. The van der Waals surface area contributed by atoms with E-state index in [1.807, 2.05) is 0 Å². The zero-order valence-corrected chi connectivity index (χ0v) is 17.9. The Bertz CT molecular complexity index is 1120. The van der Waals surface area contributed by atoms with E-state index in [0.29, 0.717) is 29.3 Å². The monoisotopic (exact) mass is 439 g/mol. The largest absolute Gasteiger partial charge is 0.477 e. The first kappa shape index (κ1) is 21.3. The second-order valence-electron chi connectivity index (χ2n) is 8.00. The lowest BCUT2D eigenvalue weighted by atomic mass is 9.79. The molecule has 1 aliphatic heterocycles. The van der Waals surface area contributed by atoms with Crippen LogP contribution >= 0.6 is 0 Å². The number of nitrogens with one attached hydrogen (secondary N) is 1. The molecule has 162 valence electrons. The van der Waals surface area contributed by atoms with Crippen LogP contribution in [-0.4, -0.2) is 41.4 Å². The minimum Gasteiger partial charge on any atom is -0.477 e. The SMILES string of the molecule is O=C(O)c1ccc(C#Cc2ccccc2NS(=O)(=O)N2CCCC3CCCCC32)cn1. The first-order valence-electron chi connectivity index (χ1n) is 10.5. The Kier molecular flexibility index (Phi) is 6.25. The van der Waals surface area contributed by atoms with Gasteiger partial charge in [0.15, 0.2) is 0 Å². The third-order valence-corrected chi connectivity index (χ3v) is 7.54. The fourth-order valence-corrected chi connectivity index (χ4v) is 6.07. The van der Waals surface area contributed by atoms with Gasteiger partial charge in [0.05, 0.1) is 5.69 Å². The Morgan fingerprint density at radius 1 is 1.06 bits per heavy atom. The van der Waals surface area contributed by atoms with E-state index in [1.54, 1.807) is 34.6 Å². The van der Waals surface area contributed by atoms with Gasteiger partial charge >= 0.3 is 16.2 Å². The van der Waals surface area contributed by atoms with Crippen molar-refractivity contribution in [1.29, 1.82) is 0 Å². The number of carboxylic acids is 1. The predicted octanol–water partition coefficient (Wildman–Crippen LogP) is 3.49. The molecule has 2 heterocycles. The number of para-hydroxylation sites is 1. The molecule has 2 fully saturated rings. The Morgan fingerprint density at radius 2 is 1.84 bits per heavy atom. The van der Waals surface area contributed by atoms with Gasteiger partial charge in [0.2, 0.25) is 0 Å². The van der Waals surface area contributed by atoms with Gasteiger partial charge in [-0.15, -0.1) is 0 Å². The number of hydrogen-bond donors (Lipinski definition) is 2. The van der Waals surface area contributed by atoms with Crippen molar-refractivity contribution in [1.82, 2.24) is 9.29 Å². The number of hydrogen-bond acceptors (Lipinski definition) is 4. The van der Waals surface area contributed by atoms with E-state index < -0.39 is 16.2 Å². The third kappa shape index (κ3) is 4.89. The molecular weight excluding hydrogens is 414 g/mol. The molecule has 1 saturated heterocycles. The quantitative estimate of drug-likeness (QED) is 0.711. The van der Waals surface area contributed by atoms with Crippen LogP contribution in [0.3, 0.4) is 0 Å². The summed E-state index contributed by atoms with van der Waals surface area (Å²) in [4.78, 5) is 14.8. The van der Waals surface area contributed by atoms with Crippen LogP contribution in [0.1, 0.15) is 60.1 Å². The smallest absolute Gasteiger partial charge is 0.354 e. The van der Waals surface area contributed by atoms with E-state index in [4.69, 9.17) is 5.11 Å². The topological polar surface area (TPSA) is 99.6 Å². The van der Waals surface area contributed by atoms with Crippen molar-refractivity contribution in [3.63, 3.8) is 0 Å². The molecule has 0 bridgehead atoms. The van der Waals surface area contributed by atoms with E-state index in [9.17, 15) is 13.2 Å². The van der Waals surface area contributed by atoms with Crippen LogP contribution in [0.2, 0.25) is 0 Å². The predicted molar refractivity (Wildman–Crippen MR) is 118 cm³/mol. The highest BCUT2D eigenvalue weighted by atomic mass is 32.2. The first-order valence-corrected chi connectivity index (χ1v) is 12.0. The summed E-state index contributed by atoms with van der Waals surface area (Å²) >= 11 is 0. The minimum atomic E-state index is -3.69. The standard InChI is InChI=1S/C23H25N3O4S/c27-23(28)21-14-12-17(16-24-21)11-13-18-6-1-3-9-20(18)25-31(29,30)26-15-5-8-19-7-2-4-10-22(19)26/h1,3,6,9,12,14,16,19,22,25H,2,4-5,7-8,10,15H2,(H,27,28). The van der Waals surface area contributed by atoms with Crippen LogP contribution in [0, 0.1) is 17.8 Å². The van der Waals surface area contributed by atoms with Crippen molar-refractivity contribution >= 4 is 21.9 Å². The first-order chi connectivity index (χ1) is 14.9. The summed E-state index contributed by atoms with van der Waals surface area (Å²) in [5, 5.41) is 8.94. The van der Waals surface area contributed by atoms with Gasteiger partial charge in [-0.2, -0.15) is 12.7 Å². The van der Waals surface area contributed by atoms with Gasteiger partial charge in [-0.1, -0.05) is 36.8 Å². The lowest BCUT2D eigenvalue weighted by Crippen LogP contribution is -2.51. The van der Waals surface area contributed by atoms with E-state index in [1.165, 1.54) is 18.7 Å². The summed E-state index contributed by atoms with van der Waals surface area (Å²) in [7, 11) is -3.69. The fourth-order valence-electron chi connectivity index (χ4n) is 4.49. The van der Waals surface area contributed by atoms with E-state index in [0.717, 1.165) is 32.1 Å². The molecule has 8 heteroatoms. The average molecular weight is 440 g/mol. The molecule has 31 heavy (non-hydrogen) atoms. The Morgan fingerprint density at radius 3 is 2.61 bits per heavy atom. The summed E-state index contributed by atoms with van der Waals surface area (Å²) in [6, 6.07) is 10.1. The van der Waals surface area contributed by atoms with Crippen molar-refractivity contribution in [2.75, 3.05) is 11.3 Å². The molecule has 2 aromatic rings. The van der Waals surface area contributed by atoms with Crippen molar-refractivity contribution in [3.05, 3.63) is 59.4 Å². The number of fused-ring (bicyclic) bond motifs is 1. The van der Waals surface area contributed by atoms with Crippen LogP contribution in [0.25, 0.3) is 0 Å². The van der Waals surface area contributed by atoms with Crippen molar-refractivity contribution in [2.45, 2.75) is 44.6 Å². The number of rotatable bonds is 4. The zero-order valence-electron chi connectivity index (χ0n) is 17.1. The zero-order chi connectivity index (χ0) is 21.8. The highest BCUT2D eigenvalue weighted by molar-refractivity contribution is 7.90. The Labute approximate surface area is 182 Å². The van der Waals surface area contributed by atoms with Crippen LogP contribution < -0.4 is 4.72 Å². The Balaban J connectivity index is 1.55. The van der Waals surface area contributed by atoms with Crippen LogP contribution in [-0.2, 0) is 10.2 Å². The van der Waals surface area contributed by atoms with E-state index in [-0.39, 0.29) is 11.7 Å². The molecule has 2 aliphatic rings. The van der Waals surface area contributed by atoms with Crippen LogP contribution in [0.5, 0.6) is 0 Å². The van der Waals surface area contributed by atoms with E-state index in [2.05, 4.69) is 21.5 Å². The minimum absolute atomic E-state index is 0.0544. The van der Waals surface area contributed by atoms with Gasteiger partial charge in [-0.3, -0.25) is 4.72 Å².